The first-order valence-corrected chi connectivity index (χ1v) is 6.39. The highest BCUT2D eigenvalue weighted by Crippen LogP contribution is 2.14. The molecule has 92 valence electrons. The molecule has 2 aromatic rings. The van der Waals surface area contributed by atoms with Crippen LogP contribution in [0.3, 0.4) is 0 Å². The third-order valence-corrected chi connectivity index (χ3v) is 3.31. The smallest absolute Gasteiger partial charge is 0.109 e. The molecule has 0 aliphatic carbocycles. The van der Waals surface area contributed by atoms with Crippen LogP contribution in [0.2, 0.25) is 0 Å². The maximum atomic E-state index is 5.45. The van der Waals surface area contributed by atoms with Gasteiger partial charge in [0, 0.05) is 30.9 Å². The molecule has 1 unspecified atom stereocenters. The molecule has 0 amide bonds. The van der Waals surface area contributed by atoms with Gasteiger partial charge in [-0.2, -0.15) is 0 Å². The number of hydrogen-bond donors (Lipinski definition) is 2. The predicted octanol–water partition coefficient (Wildman–Crippen LogP) is 0.544. The highest BCUT2D eigenvalue weighted by atomic mass is 32.1. The molecular weight excluding hydrogens is 236 g/mol. The Labute approximate surface area is 104 Å². The van der Waals surface area contributed by atoms with Crippen LogP contribution >= 0.6 is 11.3 Å². The average Bonchev–Trinajstić information content (AvgIpc) is 2.97. The molecule has 2 heterocycles. The summed E-state index contributed by atoms with van der Waals surface area (Å²) in [6.45, 7) is 4.05. The van der Waals surface area contributed by atoms with Crippen molar-refractivity contribution in [2.24, 2.45) is 5.73 Å². The van der Waals surface area contributed by atoms with E-state index in [-0.39, 0.29) is 6.04 Å². The number of aromatic nitrogens is 4. The van der Waals surface area contributed by atoms with E-state index in [1.54, 1.807) is 16.0 Å². The quantitative estimate of drug-likeness (QED) is 0.784. The van der Waals surface area contributed by atoms with E-state index in [1.807, 2.05) is 17.8 Å². The lowest BCUT2D eigenvalue weighted by Crippen LogP contribution is -2.18. The molecule has 7 heteroatoms. The predicted molar refractivity (Wildman–Crippen MR) is 66.4 cm³/mol. The van der Waals surface area contributed by atoms with E-state index in [0.717, 1.165) is 10.7 Å². The highest BCUT2D eigenvalue weighted by Gasteiger charge is 2.08. The minimum absolute atomic E-state index is 0.231. The molecule has 0 saturated heterocycles. The second kappa shape index (κ2) is 5.85. The van der Waals surface area contributed by atoms with Crippen LogP contribution in [0.25, 0.3) is 0 Å². The lowest BCUT2D eigenvalue weighted by molar-refractivity contribution is 0.564. The van der Waals surface area contributed by atoms with Gasteiger partial charge in [-0.3, -0.25) is 4.68 Å². The maximum Gasteiger partial charge on any atom is 0.109 e. The van der Waals surface area contributed by atoms with Crippen molar-refractivity contribution in [2.75, 3.05) is 6.54 Å². The van der Waals surface area contributed by atoms with Crippen molar-refractivity contribution in [1.29, 1.82) is 0 Å². The Kier molecular flexibility index (Phi) is 4.18. The molecule has 6 nitrogen and oxygen atoms in total. The van der Waals surface area contributed by atoms with Gasteiger partial charge in [0.1, 0.15) is 5.01 Å². The molecule has 2 rings (SSSR count). The van der Waals surface area contributed by atoms with Crippen molar-refractivity contribution in [3.05, 3.63) is 28.5 Å². The average molecular weight is 252 g/mol. The standard InChI is InChI=1S/C10H16N6S/c1-8(10-12-3-5-17-10)13-6-9-7-16(4-2-11)15-14-9/h3,5,7-8,13H,2,4,6,11H2,1H3. The molecular formula is C10H16N6S. The maximum absolute atomic E-state index is 5.45. The van der Waals surface area contributed by atoms with E-state index >= 15 is 0 Å². The van der Waals surface area contributed by atoms with Gasteiger partial charge in [-0.25, -0.2) is 4.98 Å². The first-order valence-electron chi connectivity index (χ1n) is 5.51. The topological polar surface area (TPSA) is 81.7 Å². The van der Waals surface area contributed by atoms with Crippen molar-refractivity contribution in [3.8, 4) is 0 Å². The molecule has 0 fully saturated rings. The van der Waals surface area contributed by atoms with Gasteiger partial charge in [0.05, 0.1) is 18.3 Å². The summed E-state index contributed by atoms with van der Waals surface area (Å²) in [6.07, 6.45) is 3.73. The molecule has 2 aromatic heterocycles. The fourth-order valence-corrected chi connectivity index (χ4v) is 2.12. The van der Waals surface area contributed by atoms with Crippen LogP contribution in [-0.4, -0.2) is 26.5 Å². The number of rotatable bonds is 6. The Morgan fingerprint density at radius 1 is 1.59 bits per heavy atom. The van der Waals surface area contributed by atoms with Crippen molar-refractivity contribution in [3.63, 3.8) is 0 Å². The fourth-order valence-electron chi connectivity index (χ4n) is 1.45. The van der Waals surface area contributed by atoms with Crippen molar-refractivity contribution >= 4 is 11.3 Å². The van der Waals surface area contributed by atoms with Crippen molar-refractivity contribution in [1.82, 2.24) is 25.3 Å². The first kappa shape index (κ1) is 12.2. The second-order valence-corrected chi connectivity index (χ2v) is 4.66. The van der Waals surface area contributed by atoms with Gasteiger partial charge in [-0.1, -0.05) is 5.21 Å². The summed E-state index contributed by atoms with van der Waals surface area (Å²) < 4.78 is 1.76. The summed E-state index contributed by atoms with van der Waals surface area (Å²) in [6, 6.07) is 0.231. The number of nitrogens with two attached hydrogens (primary N) is 1. The van der Waals surface area contributed by atoms with Crippen LogP contribution in [0, 0.1) is 0 Å². The van der Waals surface area contributed by atoms with E-state index in [1.165, 1.54) is 0 Å². The fraction of sp³-hybridized carbons (Fsp3) is 0.500. The largest absolute Gasteiger partial charge is 0.329 e. The summed E-state index contributed by atoms with van der Waals surface area (Å²) in [4.78, 5) is 4.26. The van der Waals surface area contributed by atoms with Crippen LogP contribution in [0.5, 0.6) is 0 Å². The zero-order valence-electron chi connectivity index (χ0n) is 9.71. The van der Waals surface area contributed by atoms with E-state index in [4.69, 9.17) is 5.73 Å². The number of nitrogens with one attached hydrogen (secondary N) is 1. The van der Waals surface area contributed by atoms with Gasteiger partial charge >= 0.3 is 0 Å². The SMILES string of the molecule is CC(NCc1cn(CCN)nn1)c1nccs1. The molecule has 0 saturated carbocycles. The lowest BCUT2D eigenvalue weighted by Gasteiger charge is -2.08. The molecule has 17 heavy (non-hydrogen) atoms. The van der Waals surface area contributed by atoms with Crippen molar-refractivity contribution in [2.45, 2.75) is 26.1 Å². The summed E-state index contributed by atoms with van der Waals surface area (Å²) in [5.74, 6) is 0. The Morgan fingerprint density at radius 3 is 3.18 bits per heavy atom. The molecule has 0 aliphatic rings. The Balaban J connectivity index is 1.84. The zero-order valence-corrected chi connectivity index (χ0v) is 10.5. The summed E-state index contributed by atoms with van der Waals surface area (Å²) >= 11 is 1.65. The molecule has 3 N–H and O–H groups in total. The van der Waals surface area contributed by atoms with Gasteiger partial charge in [-0.15, -0.1) is 16.4 Å². The van der Waals surface area contributed by atoms with Gasteiger partial charge in [0.25, 0.3) is 0 Å². The monoisotopic (exact) mass is 252 g/mol. The zero-order chi connectivity index (χ0) is 12.1. The number of nitrogens with zero attached hydrogens (tertiary/aromatic N) is 4. The summed E-state index contributed by atoms with van der Waals surface area (Å²) in [5, 5.41) is 14.5. The second-order valence-electron chi connectivity index (χ2n) is 3.73. The minimum Gasteiger partial charge on any atom is -0.329 e. The van der Waals surface area contributed by atoms with E-state index in [0.29, 0.717) is 19.6 Å². The minimum atomic E-state index is 0.231. The molecule has 0 radical (unpaired) electrons. The molecule has 1 atom stereocenters. The van der Waals surface area contributed by atoms with Gasteiger partial charge < -0.3 is 11.1 Å². The van der Waals surface area contributed by atoms with Crippen LogP contribution in [0.1, 0.15) is 23.7 Å². The molecule has 0 aromatic carbocycles. The van der Waals surface area contributed by atoms with E-state index in [9.17, 15) is 0 Å². The van der Waals surface area contributed by atoms with Crippen molar-refractivity contribution < 1.29 is 0 Å². The lowest BCUT2D eigenvalue weighted by atomic mass is 10.3. The van der Waals surface area contributed by atoms with Crippen LogP contribution in [0.4, 0.5) is 0 Å². The number of hydrogen-bond acceptors (Lipinski definition) is 6. The highest BCUT2D eigenvalue weighted by molar-refractivity contribution is 7.09. The number of thiazole rings is 1. The summed E-state index contributed by atoms with van der Waals surface area (Å²) in [7, 11) is 0. The Hall–Kier alpha value is -1.31. The Bertz CT molecular complexity index is 437. The Morgan fingerprint density at radius 2 is 2.47 bits per heavy atom. The summed E-state index contributed by atoms with van der Waals surface area (Å²) in [5.41, 5.74) is 6.36. The van der Waals surface area contributed by atoms with Crippen LogP contribution in [-0.2, 0) is 13.1 Å². The van der Waals surface area contributed by atoms with E-state index < -0.39 is 0 Å². The van der Waals surface area contributed by atoms with E-state index in [2.05, 4.69) is 27.5 Å². The van der Waals surface area contributed by atoms with Crippen LogP contribution in [0.15, 0.2) is 17.8 Å². The molecule has 0 bridgehead atoms. The third kappa shape index (κ3) is 3.32. The normalized spacial score (nSPS) is 12.8. The first-order chi connectivity index (χ1) is 8.29. The molecule has 0 aliphatic heterocycles. The van der Waals surface area contributed by atoms with Gasteiger partial charge in [-0.05, 0) is 6.92 Å². The van der Waals surface area contributed by atoms with Gasteiger partial charge in [0.2, 0.25) is 0 Å². The van der Waals surface area contributed by atoms with Gasteiger partial charge in [0.15, 0.2) is 0 Å². The molecule has 0 spiro atoms. The third-order valence-electron chi connectivity index (χ3n) is 2.36. The van der Waals surface area contributed by atoms with Crippen LogP contribution < -0.4 is 11.1 Å².